The van der Waals surface area contributed by atoms with E-state index in [0.717, 1.165) is 51.4 Å². The summed E-state index contributed by atoms with van der Waals surface area (Å²) in [5.74, 6) is -0.267. The average Bonchev–Trinajstić information content (AvgIpc) is 2.97. The first-order chi connectivity index (χ1) is 19.8. The van der Waals surface area contributed by atoms with Crippen LogP contribution < -0.4 is 5.32 Å². The molecule has 1 rings (SSSR count). The minimum absolute atomic E-state index is 0.267. The molecule has 1 amide bonds. The summed E-state index contributed by atoms with van der Waals surface area (Å²) in [6, 6.07) is -0.979. The quantitative estimate of drug-likeness (QED) is 0.0789. The van der Waals surface area contributed by atoms with Crippen LogP contribution in [0.3, 0.4) is 0 Å². The molecule has 10 heteroatoms. The van der Waals surface area contributed by atoms with Crippen molar-refractivity contribution in [3.63, 3.8) is 0 Å². The van der Waals surface area contributed by atoms with Crippen LogP contribution in [0.5, 0.6) is 0 Å². The molecule has 1 heterocycles. The Balaban J connectivity index is 2.61. The van der Waals surface area contributed by atoms with E-state index in [0.29, 0.717) is 6.42 Å². The topological polar surface area (TPSA) is 169 Å². The Bertz CT molecular complexity index is 639. The van der Waals surface area contributed by atoms with E-state index in [4.69, 9.17) is 9.47 Å². The highest BCUT2D eigenvalue weighted by atomic mass is 16.7. The fourth-order valence-corrected chi connectivity index (χ4v) is 5.25. The first kappa shape index (κ1) is 38.2. The zero-order valence-electron chi connectivity index (χ0n) is 25.7. The summed E-state index contributed by atoms with van der Waals surface area (Å²) >= 11 is 0. The number of hydrogen-bond donors (Lipinski definition) is 7. The SMILES string of the molecule is CCCCCCCCCCC(=O)N[C@@H](CO[C@@H]1O[C@H](CO)[C@H](O)C(O)C1O)[C@H](O)[C@H](O)CCCCCCCCCC. The molecule has 1 aliphatic rings. The van der Waals surface area contributed by atoms with Gasteiger partial charge in [-0.1, -0.05) is 110 Å². The highest BCUT2D eigenvalue weighted by Gasteiger charge is 2.44. The van der Waals surface area contributed by atoms with Crippen LogP contribution in [0, 0.1) is 0 Å². The van der Waals surface area contributed by atoms with E-state index in [1.54, 1.807) is 0 Å². The lowest BCUT2D eigenvalue weighted by Gasteiger charge is -2.40. The molecule has 0 aromatic carbocycles. The van der Waals surface area contributed by atoms with Gasteiger partial charge in [0.05, 0.1) is 25.4 Å². The minimum Gasteiger partial charge on any atom is -0.394 e. The molecule has 0 aromatic heterocycles. The molecule has 1 fully saturated rings. The van der Waals surface area contributed by atoms with E-state index in [-0.39, 0.29) is 18.9 Å². The maximum atomic E-state index is 12.7. The Morgan fingerprint density at radius 3 is 1.80 bits per heavy atom. The Kier molecular flexibility index (Phi) is 22.0. The number of ether oxygens (including phenoxy) is 2. The zero-order chi connectivity index (χ0) is 30.5. The third-order valence-electron chi connectivity index (χ3n) is 8.05. The summed E-state index contributed by atoms with van der Waals surface area (Å²) < 4.78 is 11.0. The van der Waals surface area contributed by atoms with E-state index >= 15 is 0 Å². The number of nitrogens with one attached hydrogen (secondary N) is 1. The lowest BCUT2D eigenvalue weighted by atomic mass is 9.98. The first-order valence-electron chi connectivity index (χ1n) is 16.3. The Morgan fingerprint density at radius 2 is 1.27 bits per heavy atom. The van der Waals surface area contributed by atoms with Gasteiger partial charge in [0.25, 0.3) is 0 Å². The molecule has 0 aliphatic carbocycles. The van der Waals surface area contributed by atoms with Crippen molar-refractivity contribution in [1.29, 1.82) is 0 Å². The van der Waals surface area contributed by atoms with Gasteiger partial charge in [-0.25, -0.2) is 0 Å². The van der Waals surface area contributed by atoms with E-state index in [2.05, 4.69) is 19.2 Å². The van der Waals surface area contributed by atoms with Crippen molar-refractivity contribution in [2.75, 3.05) is 13.2 Å². The predicted octanol–water partition coefficient (Wildman–Crippen LogP) is 3.07. The van der Waals surface area contributed by atoms with Gasteiger partial charge in [-0.15, -0.1) is 0 Å². The highest BCUT2D eigenvalue weighted by molar-refractivity contribution is 5.76. The summed E-state index contributed by atoms with van der Waals surface area (Å²) in [5.41, 5.74) is 0. The second-order valence-corrected chi connectivity index (χ2v) is 11.8. The third-order valence-corrected chi connectivity index (χ3v) is 8.05. The van der Waals surface area contributed by atoms with E-state index in [1.165, 1.54) is 51.4 Å². The van der Waals surface area contributed by atoms with Crippen LogP contribution in [-0.2, 0) is 14.3 Å². The molecule has 2 unspecified atom stereocenters. The Hall–Kier alpha value is -0.850. The number of amides is 1. The van der Waals surface area contributed by atoms with Crippen LogP contribution >= 0.6 is 0 Å². The Labute approximate surface area is 247 Å². The van der Waals surface area contributed by atoms with Crippen LogP contribution in [0.25, 0.3) is 0 Å². The van der Waals surface area contributed by atoms with Crippen molar-refractivity contribution in [3.05, 3.63) is 0 Å². The molecule has 244 valence electrons. The van der Waals surface area contributed by atoms with E-state index in [1.807, 2.05) is 0 Å². The molecule has 0 radical (unpaired) electrons. The summed E-state index contributed by atoms with van der Waals surface area (Å²) in [7, 11) is 0. The number of aliphatic hydroxyl groups is 6. The third kappa shape index (κ3) is 16.0. The second-order valence-electron chi connectivity index (χ2n) is 11.8. The van der Waals surface area contributed by atoms with E-state index in [9.17, 15) is 35.4 Å². The van der Waals surface area contributed by atoms with Crippen molar-refractivity contribution in [1.82, 2.24) is 5.32 Å². The van der Waals surface area contributed by atoms with Gasteiger partial charge < -0.3 is 45.4 Å². The van der Waals surface area contributed by atoms with Gasteiger partial charge in [-0.05, 0) is 12.8 Å². The summed E-state index contributed by atoms with van der Waals surface area (Å²) in [6.07, 6.45) is 8.66. The van der Waals surface area contributed by atoms with Crippen molar-refractivity contribution in [3.8, 4) is 0 Å². The van der Waals surface area contributed by atoms with Gasteiger partial charge >= 0.3 is 0 Å². The van der Waals surface area contributed by atoms with Gasteiger partial charge in [0, 0.05) is 6.42 Å². The molecule has 0 saturated carbocycles. The largest absolute Gasteiger partial charge is 0.394 e. The van der Waals surface area contributed by atoms with Gasteiger partial charge in [-0.2, -0.15) is 0 Å². The molecule has 7 N–H and O–H groups in total. The summed E-state index contributed by atoms with van der Waals surface area (Å²) in [4.78, 5) is 12.7. The van der Waals surface area contributed by atoms with Gasteiger partial charge in [0.2, 0.25) is 5.91 Å². The molecule has 0 spiro atoms. The molecule has 41 heavy (non-hydrogen) atoms. The molecule has 1 aliphatic heterocycles. The van der Waals surface area contributed by atoms with Crippen molar-refractivity contribution >= 4 is 5.91 Å². The molecule has 1 saturated heterocycles. The lowest BCUT2D eigenvalue weighted by molar-refractivity contribution is -0.303. The number of carbonyl (C=O) groups is 1. The van der Waals surface area contributed by atoms with Crippen molar-refractivity contribution < 1.29 is 44.9 Å². The van der Waals surface area contributed by atoms with Gasteiger partial charge in [0.15, 0.2) is 6.29 Å². The summed E-state index contributed by atoms with van der Waals surface area (Å²) in [5, 5.41) is 64.2. The van der Waals surface area contributed by atoms with E-state index < -0.39 is 55.6 Å². The van der Waals surface area contributed by atoms with Gasteiger partial charge in [0.1, 0.15) is 30.5 Å². The van der Waals surface area contributed by atoms with Crippen LogP contribution in [-0.4, -0.2) is 98.7 Å². The van der Waals surface area contributed by atoms with Crippen molar-refractivity contribution in [2.24, 2.45) is 0 Å². The molecule has 8 atom stereocenters. The molecule has 0 bridgehead atoms. The number of carbonyl (C=O) groups excluding carboxylic acids is 1. The number of aliphatic hydroxyl groups excluding tert-OH is 6. The lowest BCUT2D eigenvalue weighted by Crippen LogP contribution is -2.60. The number of unbranched alkanes of at least 4 members (excludes halogenated alkanes) is 14. The zero-order valence-corrected chi connectivity index (χ0v) is 25.7. The van der Waals surface area contributed by atoms with Crippen molar-refractivity contribution in [2.45, 2.75) is 178 Å². The normalized spacial score (nSPS) is 25.1. The molecule has 0 aromatic rings. The van der Waals surface area contributed by atoms with Crippen LogP contribution in [0.15, 0.2) is 0 Å². The smallest absolute Gasteiger partial charge is 0.220 e. The maximum absolute atomic E-state index is 12.7. The number of rotatable bonds is 25. The molecular weight excluding hydrogens is 530 g/mol. The first-order valence-corrected chi connectivity index (χ1v) is 16.3. The second kappa shape index (κ2) is 23.6. The van der Waals surface area contributed by atoms with Crippen LogP contribution in [0.2, 0.25) is 0 Å². The van der Waals surface area contributed by atoms with Crippen LogP contribution in [0.1, 0.15) is 129 Å². The molecule has 10 nitrogen and oxygen atoms in total. The van der Waals surface area contributed by atoms with Crippen LogP contribution in [0.4, 0.5) is 0 Å². The highest BCUT2D eigenvalue weighted by Crippen LogP contribution is 2.23. The number of hydrogen-bond acceptors (Lipinski definition) is 9. The standard InChI is InChI=1S/C31H61NO9/c1-3-5-7-9-11-13-15-17-19-24(34)27(36)23(32-26(35)20-18-16-14-12-10-8-6-4-2)22-40-31-30(39)29(38)28(37)25(21-33)41-31/h23-25,27-31,33-34,36-39H,3-22H2,1-2H3,(H,32,35)/t23-,24+,25+,27-,28-,29?,30?,31+/m0/s1. The Morgan fingerprint density at radius 1 is 0.756 bits per heavy atom. The fourth-order valence-electron chi connectivity index (χ4n) is 5.25. The monoisotopic (exact) mass is 591 g/mol. The molecular formula is C31H61NO9. The van der Waals surface area contributed by atoms with Gasteiger partial charge in [-0.3, -0.25) is 4.79 Å². The maximum Gasteiger partial charge on any atom is 0.220 e. The predicted molar refractivity (Wildman–Crippen MR) is 158 cm³/mol. The average molecular weight is 592 g/mol. The summed E-state index contributed by atoms with van der Waals surface area (Å²) in [6.45, 7) is 3.48. The fraction of sp³-hybridized carbons (Fsp3) is 0.968. The minimum atomic E-state index is -1.60.